The average molecular weight is 179 g/mol. The molecule has 0 saturated heterocycles. The van der Waals surface area contributed by atoms with Gasteiger partial charge in [-0.3, -0.25) is 9.11 Å². The summed E-state index contributed by atoms with van der Waals surface area (Å²) in [5.41, 5.74) is 0. The minimum Gasteiger partial charge on any atom is -0.812 e. The molecule has 0 fully saturated rings. The zero-order valence-corrected chi connectivity index (χ0v) is 8.41. The molecular weight excluding hydrogens is 177 g/mol. The van der Waals surface area contributed by atoms with Crippen molar-refractivity contribution in [3.63, 3.8) is 0 Å². The normalized spacial score (nSPS) is 7.22. The molecule has 0 aliphatic rings. The first-order valence-electron chi connectivity index (χ1n) is 1.13. The largest absolute Gasteiger partial charge is 1.00 e. The van der Waals surface area contributed by atoms with E-state index in [1.807, 2.05) is 0 Å². The molecule has 0 aliphatic heterocycles. The second-order valence-corrected chi connectivity index (χ2v) is 1.43. The van der Waals surface area contributed by atoms with Gasteiger partial charge in [-0.25, -0.2) is 5.26 Å². The zero-order chi connectivity index (χ0) is 7.21. The monoisotopic (exact) mass is 179 g/mol. The molecular formula is CH2KNO5S. The third-order valence-electron chi connectivity index (χ3n) is 0. The molecule has 0 saturated carbocycles. The van der Waals surface area contributed by atoms with Crippen LogP contribution >= 0.6 is 0 Å². The van der Waals surface area contributed by atoms with Crippen LogP contribution in [0.1, 0.15) is 0 Å². The Kier molecular flexibility index (Phi) is 16.0. The van der Waals surface area contributed by atoms with E-state index >= 15 is 0 Å². The van der Waals surface area contributed by atoms with Gasteiger partial charge in [0.05, 0.1) is 0 Å². The van der Waals surface area contributed by atoms with Crippen molar-refractivity contribution < 1.29 is 74.0 Å². The Morgan fingerprint density at radius 2 is 1.44 bits per heavy atom. The molecule has 0 heterocycles. The first-order chi connectivity index (χ1) is 3.41. The topological polar surface area (TPSA) is 121 Å². The molecule has 0 atom stereocenters. The molecule has 0 aliphatic carbocycles. The van der Waals surface area contributed by atoms with E-state index < -0.39 is 10.4 Å². The Balaban J connectivity index is -0.0000000800. The van der Waals surface area contributed by atoms with Crippen molar-refractivity contribution in [1.82, 2.24) is 0 Å². The van der Waals surface area contributed by atoms with Crippen LogP contribution in [0.3, 0.4) is 0 Å². The fourth-order valence-electron chi connectivity index (χ4n) is 0. The average Bonchev–Trinajstić information content (AvgIpc) is 1.27. The third-order valence-corrected chi connectivity index (χ3v) is 0. The number of hydrogen-bond donors (Lipinski definition) is 2. The van der Waals surface area contributed by atoms with Gasteiger partial charge in [-0.1, -0.05) is 0 Å². The Hall–Kier alpha value is 0.796. The predicted octanol–water partition coefficient (Wildman–Crippen LogP) is -4.82. The van der Waals surface area contributed by atoms with Crippen molar-refractivity contribution in [2.24, 2.45) is 0 Å². The van der Waals surface area contributed by atoms with Gasteiger partial charge in [0.15, 0.2) is 0 Å². The van der Waals surface area contributed by atoms with Crippen LogP contribution in [-0.2, 0) is 10.4 Å². The molecule has 8 heteroatoms. The standard InChI is InChI=1S/CHNO.K.H2O4S/c2-1-3;;1-5(2,3)4/h3H;;(H2,1,2,3,4)/q;+1;/p-1. The van der Waals surface area contributed by atoms with E-state index in [0.29, 0.717) is 6.26 Å². The Morgan fingerprint density at radius 3 is 1.44 bits per heavy atom. The van der Waals surface area contributed by atoms with Gasteiger partial charge in [0, 0.05) is 6.26 Å². The fraction of sp³-hybridized carbons (Fsp3) is 0. The molecule has 0 unspecified atom stereocenters. The van der Waals surface area contributed by atoms with Crippen molar-refractivity contribution in [2.75, 3.05) is 0 Å². The molecule has 0 radical (unpaired) electrons. The number of nitrogens with zero attached hydrogens (tertiary/aromatic N) is 1. The van der Waals surface area contributed by atoms with Crippen molar-refractivity contribution in [3.8, 4) is 6.26 Å². The van der Waals surface area contributed by atoms with Crippen LogP contribution in [0.4, 0.5) is 0 Å². The van der Waals surface area contributed by atoms with Crippen LogP contribution in [0.2, 0.25) is 0 Å². The number of rotatable bonds is 0. The van der Waals surface area contributed by atoms with E-state index in [4.69, 9.17) is 27.9 Å². The van der Waals surface area contributed by atoms with Crippen molar-refractivity contribution in [2.45, 2.75) is 0 Å². The Labute approximate surface area is 94.5 Å². The fourth-order valence-corrected chi connectivity index (χ4v) is 0. The van der Waals surface area contributed by atoms with Gasteiger partial charge >= 0.3 is 61.8 Å². The summed E-state index contributed by atoms with van der Waals surface area (Å²) in [7, 11) is -4.67. The molecule has 0 rings (SSSR count). The zero-order valence-electron chi connectivity index (χ0n) is 4.47. The summed E-state index contributed by atoms with van der Waals surface area (Å²) < 4.78 is 31.6. The number of hydrogen-bond acceptors (Lipinski definition) is 4. The summed E-state index contributed by atoms with van der Waals surface area (Å²) in [6.07, 6.45) is 0.500. The van der Waals surface area contributed by atoms with E-state index in [1.54, 1.807) is 0 Å². The van der Waals surface area contributed by atoms with E-state index in [0.717, 1.165) is 0 Å². The molecule has 0 spiro atoms. The van der Waals surface area contributed by atoms with Gasteiger partial charge in [0.25, 0.3) is 0 Å². The third kappa shape index (κ3) is 641. The van der Waals surface area contributed by atoms with Gasteiger partial charge in [-0.2, -0.15) is 8.42 Å². The maximum Gasteiger partial charge on any atom is 1.00 e. The van der Waals surface area contributed by atoms with Crippen LogP contribution in [0.25, 0.3) is 0 Å². The van der Waals surface area contributed by atoms with Gasteiger partial charge < -0.3 is 5.11 Å². The van der Waals surface area contributed by atoms with Gasteiger partial charge in [-0.05, 0) is 0 Å². The van der Waals surface area contributed by atoms with Crippen molar-refractivity contribution in [1.29, 1.82) is 5.26 Å². The second kappa shape index (κ2) is 8.80. The summed E-state index contributed by atoms with van der Waals surface area (Å²) in [6, 6.07) is 0. The van der Waals surface area contributed by atoms with Crippen LogP contribution in [0.5, 0.6) is 0 Å². The summed E-state index contributed by atoms with van der Waals surface area (Å²) in [6.45, 7) is 0. The maximum absolute atomic E-state index is 8.74. The number of nitriles is 1. The van der Waals surface area contributed by atoms with Gasteiger partial charge in [-0.15, -0.1) is 0 Å². The van der Waals surface area contributed by atoms with Crippen LogP contribution in [0, 0.1) is 11.5 Å². The minimum absolute atomic E-state index is 0. The van der Waals surface area contributed by atoms with Crippen LogP contribution in [0.15, 0.2) is 0 Å². The van der Waals surface area contributed by atoms with E-state index in [-0.39, 0.29) is 51.4 Å². The Bertz CT molecular complexity index is 158. The SMILES string of the molecule is N#C[O-].O=S(=O)(O)O.[K+]. The van der Waals surface area contributed by atoms with Gasteiger partial charge in [0.1, 0.15) is 0 Å². The van der Waals surface area contributed by atoms with Crippen molar-refractivity contribution >= 4 is 10.4 Å². The molecule has 9 heavy (non-hydrogen) atoms. The predicted molar refractivity (Wildman–Crippen MR) is 19.8 cm³/mol. The van der Waals surface area contributed by atoms with E-state index in [2.05, 4.69) is 0 Å². The molecule has 0 aromatic heterocycles. The second-order valence-electron chi connectivity index (χ2n) is 0.539. The molecule has 2 N–H and O–H groups in total. The summed E-state index contributed by atoms with van der Waals surface area (Å²) >= 11 is 0. The molecule has 0 aromatic rings. The van der Waals surface area contributed by atoms with E-state index in [1.165, 1.54) is 0 Å². The van der Waals surface area contributed by atoms with E-state index in [9.17, 15) is 0 Å². The molecule has 0 amide bonds. The molecule has 0 bridgehead atoms. The molecule has 0 aromatic carbocycles. The Morgan fingerprint density at radius 1 is 1.44 bits per heavy atom. The van der Waals surface area contributed by atoms with Crippen LogP contribution in [-0.4, -0.2) is 17.5 Å². The quantitative estimate of drug-likeness (QED) is 0.218. The smallest absolute Gasteiger partial charge is 0.812 e. The molecule has 6 nitrogen and oxygen atoms in total. The van der Waals surface area contributed by atoms with Gasteiger partial charge in [0.2, 0.25) is 0 Å². The first kappa shape index (κ1) is 16.4. The molecule has 48 valence electrons. The summed E-state index contributed by atoms with van der Waals surface area (Å²) in [4.78, 5) is 0. The van der Waals surface area contributed by atoms with Crippen molar-refractivity contribution in [3.05, 3.63) is 0 Å². The maximum atomic E-state index is 8.74. The minimum atomic E-state index is -4.67. The van der Waals surface area contributed by atoms with Crippen LogP contribution < -0.4 is 56.5 Å². The summed E-state index contributed by atoms with van der Waals surface area (Å²) in [5.74, 6) is 0. The first-order valence-corrected chi connectivity index (χ1v) is 2.52. The summed E-state index contributed by atoms with van der Waals surface area (Å²) in [5, 5.41) is 15.0.